The van der Waals surface area contributed by atoms with Crippen LogP contribution in [0.3, 0.4) is 0 Å². The van der Waals surface area contributed by atoms with Crippen molar-refractivity contribution in [1.82, 2.24) is 10.6 Å². The van der Waals surface area contributed by atoms with Gasteiger partial charge in [-0.05, 0) is 51.8 Å². The summed E-state index contributed by atoms with van der Waals surface area (Å²) in [7, 11) is 0. The van der Waals surface area contributed by atoms with Gasteiger partial charge < -0.3 is 10.6 Å². The third-order valence-electron chi connectivity index (χ3n) is 2.96. The molecule has 0 saturated carbocycles. The Morgan fingerprint density at radius 1 is 1.28 bits per heavy atom. The summed E-state index contributed by atoms with van der Waals surface area (Å²) in [5.74, 6) is 0. The van der Waals surface area contributed by atoms with Crippen LogP contribution in [0.25, 0.3) is 0 Å². The van der Waals surface area contributed by atoms with Gasteiger partial charge >= 0.3 is 0 Å². The van der Waals surface area contributed by atoms with Crippen molar-refractivity contribution < 1.29 is 0 Å². The minimum atomic E-state index is 0.182. The van der Waals surface area contributed by atoms with E-state index in [1.54, 1.807) is 0 Å². The highest BCUT2D eigenvalue weighted by Gasteiger charge is 2.11. The second kappa shape index (κ2) is 6.69. The van der Waals surface area contributed by atoms with E-state index in [9.17, 15) is 0 Å². The molecule has 18 heavy (non-hydrogen) atoms. The van der Waals surface area contributed by atoms with Crippen LogP contribution in [0.2, 0.25) is 0 Å². The number of nitrogens with one attached hydrogen (secondary N) is 2. The van der Waals surface area contributed by atoms with Crippen LogP contribution in [-0.2, 0) is 6.54 Å². The molecule has 0 aromatic heterocycles. The Bertz CT molecular complexity index is 383. The van der Waals surface area contributed by atoms with Gasteiger partial charge in [-0.15, -0.1) is 0 Å². The molecule has 1 atom stereocenters. The highest BCUT2D eigenvalue weighted by atomic mass is 79.9. The summed E-state index contributed by atoms with van der Waals surface area (Å²) >= 11 is 3.57. The van der Waals surface area contributed by atoms with Gasteiger partial charge in [-0.3, -0.25) is 0 Å². The lowest BCUT2D eigenvalue weighted by atomic mass is 10.1. The fourth-order valence-corrected chi connectivity index (χ4v) is 2.07. The van der Waals surface area contributed by atoms with Crippen LogP contribution in [0.4, 0.5) is 0 Å². The van der Waals surface area contributed by atoms with Gasteiger partial charge in [0.25, 0.3) is 0 Å². The van der Waals surface area contributed by atoms with E-state index in [-0.39, 0.29) is 5.54 Å². The standard InChI is InChI=1S/C15H25BrN2/c1-11(9-18-15(3,4)5)17-10-13-7-6-8-14(16)12(13)2/h6-8,11,17-18H,9-10H2,1-5H3. The topological polar surface area (TPSA) is 24.1 Å². The first-order valence-corrected chi connectivity index (χ1v) is 7.31. The quantitative estimate of drug-likeness (QED) is 0.867. The van der Waals surface area contributed by atoms with Crippen LogP contribution in [0, 0.1) is 6.92 Å². The van der Waals surface area contributed by atoms with Gasteiger partial charge in [0.1, 0.15) is 0 Å². The molecule has 0 spiro atoms. The van der Waals surface area contributed by atoms with E-state index in [4.69, 9.17) is 0 Å². The molecule has 0 aliphatic carbocycles. The van der Waals surface area contributed by atoms with Crippen molar-refractivity contribution in [1.29, 1.82) is 0 Å². The van der Waals surface area contributed by atoms with E-state index in [1.165, 1.54) is 15.6 Å². The van der Waals surface area contributed by atoms with Crippen molar-refractivity contribution in [2.45, 2.75) is 52.7 Å². The molecule has 0 fully saturated rings. The minimum absolute atomic E-state index is 0.182. The average molecular weight is 313 g/mol. The van der Waals surface area contributed by atoms with E-state index >= 15 is 0 Å². The summed E-state index contributed by atoms with van der Waals surface area (Å²) in [5.41, 5.74) is 2.86. The molecule has 0 aliphatic rings. The normalized spacial score (nSPS) is 13.7. The first kappa shape index (κ1) is 15.7. The van der Waals surface area contributed by atoms with E-state index in [0.29, 0.717) is 6.04 Å². The van der Waals surface area contributed by atoms with Crippen molar-refractivity contribution in [3.05, 3.63) is 33.8 Å². The molecule has 2 N–H and O–H groups in total. The van der Waals surface area contributed by atoms with Crippen molar-refractivity contribution in [2.24, 2.45) is 0 Å². The number of halogens is 1. The zero-order valence-electron chi connectivity index (χ0n) is 12.1. The smallest absolute Gasteiger partial charge is 0.0211 e. The first-order chi connectivity index (χ1) is 8.29. The van der Waals surface area contributed by atoms with Crippen LogP contribution in [0.15, 0.2) is 22.7 Å². The molecule has 0 radical (unpaired) electrons. The highest BCUT2D eigenvalue weighted by molar-refractivity contribution is 9.10. The van der Waals surface area contributed by atoms with Gasteiger partial charge in [-0.2, -0.15) is 0 Å². The number of hydrogen-bond donors (Lipinski definition) is 2. The molecule has 1 aromatic carbocycles. The van der Waals surface area contributed by atoms with Gasteiger partial charge in [-0.25, -0.2) is 0 Å². The zero-order valence-corrected chi connectivity index (χ0v) is 13.7. The van der Waals surface area contributed by atoms with E-state index in [1.807, 2.05) is 0 Å². The van der Waals surface area contributed by atoms with Crippen molar-refractivity contribution >= 4 is 15.9 Å². The molecular weight excluding hydrogens is 288 g/mol. The van der Waals surface area contributed by atoms with Crippen LogP contribution in [-0.4, -0.2) is 18.1 Å². The molecule has 1 aromatic rings. The summed E-state index contributed by atoms with van der Waals surface area (Å²) < 4.78 is 1.18. The minimum Gasteiger partial charge on any atom is -0.311 e. The molecule has 1 rings (SSSR count). The SMILES string of the molecule is Cc1c(Br)cccc1CNC(C)CNC(C)(C)C. The maximum absolute atomic E-state index is 3.57. The van der Waals surface area contributed by atoms with E-state index in [0.717, 1.165) is 13.1 Å². The molecule has 102 valence electrons. The summed E-state index contributed by atoms with van der Waals surface area (Å²) in [6.45, 7) is 12.8. The first-order valence-electron chi connectivity index (χ1n) is 6.52. The second-order valence-corrected chi connectivity index (χ2v) is 6.79. The van der Waals surface area contributed by atoms with E-state index in [2.05, 4.69) is 79.4 Å². The third kappa shape index (κ3) is 5.51. The highest BCUT2D eigenvalue weighted by Crippen LogP contribution is 2.19. The Balaban J connectivity index is 2.43. The van der Waals surface area contributed by atoms with Crippen LogP contribution in [0.5, 0.6) is 0 Å². The number of hydrogen-bond acceptors (Lipinski definition) is 2. The van der Waals surface area contributed by atoms with Crippen molar-refractivity contribution in [2.75, 3.05) is 6.54 Å². The van der Waals surface area contributed by atoms with Gasteiger partial charge in [0.15, 0.2) is 0 Å². The third-order valence-corrected chi connectivity index (χ3v) is 3.82. The summed E-state index contributed by atoms with van der Waals surface area (Å²) in [5, 5.41) is 7.07. The summed E-state index contributed by atoms with van der Waals surface area (Å²) in [6.07, 6.45) is 0. The van der Waals surface area contributed by atoms with Gasteiger partial charge in [0, 0.05) is 29.1 Å². The molecule has 0 bridgehead atoms. The predicted molar refractivity (Wildman–Crippen MR) is 82.9 cm³/mol. The fourth-order valence-electron chi connectivity index (χ4n) is 1.66. The van der Waals surface area contributed by atoms with Crippen molar-refractivity contribution in [3.63, 3.8) is 0 Å². The maximum atomic E-state index is 3.57. The predicted octanol–water partition coefficient (Wildman–Crippen LogP) is 3.62. The molecule has 2 nitrogen and oxygen atoms in total. The Hall–Kier alpha value is -0.380. The second-order valence-electron chi connectivity index (χ2n) is 5.94. The fraction of sp³-hybridized carbons (Fsp3) is 0.600. The molecule has 3 heteroatoms. The Kier molecular flexibility index (Phi) is 5.83. The van der Waals surface area contributed by atoms with Gasteiger partial charge in [0.05, 0.1) is 0 Å². The molecule has 0 saturated heterocycles. The summed E-state index contributed by atoms with van der Waals surface area (Å²) in [6, 6.07) is 6.81. The lowest BCUT2D eigenvalue weighted by Gasteiger charge is -2.24. The van der Waals surface area contributed by atoms with Crippen LogP contribution < -0.4 is 10.6 Å². The van der Waals surface area contributed by atoms with Gasteiger partial charge in [-0.1, -0.05) is 28.1 Å². The molecule has 0 heterocycles. The molecule has 0 amide bonds. The lowest BCUT2D eigenvalue weighted by molar-refractivity contribution is 0.387. The Labute approximate surface area is 120 Å². The van der Waals surface area contributed by atoms with Crippen LogP contribution >= 0.6 is 15.9 Å². The maximum Gasteiger partial charge on any atom is 0.0211 e. The molecule has 1 unspecified atom stereocenters. The average Bonchev–Trinajstić information content (AvgIpc) is 2.27. The number of benzene rings is 1. The zero-order chi connectivity index (χ0) is 13.8. The summed E-state index contributed by atoms with van der Waals surface area (Å²) in [4.78, 5) is 0. The van der Waals surface area contributed by atoms with Crippen LogP contribution in [0.1, 0.15) is 38.8 Å². The Morgan fingerprint density at radius 3 is 2.56 bits per heavy atom. The van der Waals surface area contributed by atoms with Gasteiger partial charge in [0.2, 0.25) is 0 Å². The van der Waals surface area contributed by atoms with E-state index < -0.39 is 0 Å². The Morgan fingerprint density at radius 2 is 1.94 bits per heavy atom. The molecule has 0 aliphatic heterocycles. The monoisotopic (exact) mass is 312 g/mol. The number of rotatable bonds is 5. The largest absolute Gasteiger partial charge is 0.311 e. The lowest BCUT2D eigenvalue weighted by Crippen LogP contribution is -2.44. The molecular formula is C15H25BrN2. The van der Waals surface area contributed by atoms with Crippen molar-refractivity contribution in [3.8, 4) is 0 Å².